The maximum absolute atomic E-state index is 10.6. The fourth-order valence-corrected chi connectivity index (χ4v) is 2.63. The Bertz CT molecular complexity index is 397. The molecule has 0 aliphatic carbocycles. The number of tetrazole rings is 1. The van der Waals surface area contributed by atoms with E-state index in [2.05, 4.69) is 22.4 Å². The number of hydrogen-bond acceptors (Lipinski definition) is 6. The molecule has 7 nitrogen and oxygen atoms in total. The van der Waals surface area contributed by atoms with Crippen molar-refractivity contribution in [3.8, 4) is 0 Å². The van der Waals surface area contributed by atoms with Crippen molar-refractivity contribution in [2.24, 2.45) is 0 Å². The first-order valence-electron chi connectivity index (χ1n) is 5.41. The predicted octanol–water partition coefficient (Wildman–Crippen LogP) is 0.417. The number of hydrogen-bond donors (Lipinski definition) is 1. The topological polar surface area (TPSA) is 90.1 Å². The Morgan fingerprint density at radius 3 is 3.12 bits per heavy atom. The zero-order valence-electron chi connectivity index (χ0n) is 9.44. The van der Waals surface area contributed by atoms with E-state index in [0.29, 0.717) is 11.3 Å². The molecule has 1 N–H and O–H groups in total. The van der Waals surface area contributed by atoms with Crippen LogP contribution in [0.1, 0.15) is 19.8 Å². The molecule has 0 spiro atoms. The summed E-state index contributed by atoms with van der Waals surface area (Å²) in [6.07, 6.45) is 2.64. The second kappa shape index (κ2) is 5.46. The molecule has 1 fully saturated rings. The van der Waals surface area contributed by atoms with Crippen molar-refractivity contribution in [3.05, 3.63) is 0 Å². The Kier molecular flexibility index (Phi) is 3.95. The number of ether oxygens (including phenoxy) is 1. The summed E-state index contributed by atoms with van der Waals surface area (Å²) < 4.78 is 6.95. The lowest BCUT2D eigenvalue weighted by Gasteiger charge is -2.09. The maximum atomic E-state index is 10.6. The van der Waals surface area contributed by atoms with Crippen molar-refractivity contribution < 1.29 is 14.6 Å². The van der Waals surface area contributed by atoms with Crippen LogP contribution in [0.4, 0.5) is 0 Å². The zero-order chi connectivity index (χ0) is 12.3. The van der Waals surface area contributed by atoms with Crippen LogP contribution in [0, 0.1) is 0 Å². The number of carbonyl (C=O) groups is 1. The lowest BCUT2D eigenvalue weighted by molar-refractivity contribution is -0.138. The van der Waals surface area contributed by atoms with Crippen molar-refractivity contribution in [2.45, 2.75) is 43.7 Å². The van der Waals surface area contributed by atoms with Crippen molar-refractivity contribution >= 4 is 17.7 Å². The highest BCUT2D eigenvalue weighted by Crippen LogP contribution is 2.25. The lowest BCUT2D eigenvalue weighted by atomic mass is 10.2. The Morgan fingerprint density at radius 2 is 2.47 bits per heavy atom. The van der Waals surface area contributed by atoms with E-state index >= 15 is 0 Å². The van der Waals surface area contributed by atoms with E-state index < -0.39 is 5.97 Å². The molecule has 2 atom stereocenters. The van der Waals surface area contributed by atoms with E-state index in [-0.39, 0.29) is 12.6 Å². The van der Waals surface area contributed by atoms with Crippen molar-refractivity contribution in [2.75, 3.05) is 5.75 Å². The molecule has 2 unspecified atom stereocenters. The van der Waals surface area contributed by atoms with Gasteiger partial charge < -0.3 is 9.84 Å². The van der Waals surface area contributed by atoms with Crippen LogP contribution >= 0.6 is 11.8 Å². The molecule has 94 valence electrons. The summed E-state index contributed by atoms with van der Waals surface area (Å²) in [6, 6.07) is 0. The number of aromatic nitrogens is 4. The van der Waals surface area contributed by atoms with E-state index in [4.69, 9.17) is 9.84 Å². The average Bonchev–Trinajstić information content (AvgIpc) is 2.84. The fraction of sp³-hybridized carbons (Fsp3) is 0.778. The van der Waals surface area contributed by atoms with Crippen LogP contribution in [0.5, 0.6) is 0 Å². The molecular weight excluding hydrogens is 244 g/mol. The van der Waals surface area contributed by atoms with Crippen LogP contribution in [-0.2, 0) is 16.1 Å². The van der Waals surface area contributed by atoms with Gasteiger partial charge >= 0.3 is 5.97 Å². The lowest BCUT2D eigenvalue weighted by Crippen LogP contribution is -2.14. The van der Waals surface area contributed by atoms with E-state index in [1.54, 1.807) is 0 Å². The minimum Gasteiger partial charge on any atom is -0.480 e. The third kappa shape index (κ3) is 3.40. The summed E-state index contributed by atoms with van der Waals surface area (Å²) in [4.78, 5) is 10.6. The molecule has 0 amide bonds. The van der Waals surface area contributed by atoms with E-state index in [1.165, 1.54) is 16.4 Å². The SMILES string of the molecule is CC1CCC(CSc2nnnn2CC(=O)O)O1. The smallest absolute Gasteiger partial charge is 0.325 e. The predicted molar refractivity (Wildman–Crippen MR) is 59.7 cm³/mol. The van der Waals surface area contributed by atoms with Gasteiger partial charge in [0.05, 0.1) is 12.2 Å². The Morgan fingerprint density at radius 1 is 1.65 bits per heavy atom. The first kappa shape index (κ1) is 12.3. The maximum Gasteiger partial charge on any atom is 0.325 e. The Balaban J connectivity index is 1.86. The van der Waals surface area contributed by atoms with Crippen LogP contribution in [0.3, 0.4) is 0 Å². The van der Waals surface area contributed by atoms with Crippen LogP contribution in [0.25, 0.3) is 0 Å². The highest BCUT2D eigenvalue weighted by Gasteiger charge is 2.22. The van der Waals surface area contributed by atoms with E-state index in [0.717, 1.165) is 18.6 Å². The van der Waals surface area contributed by atoms with Crippen LogP contribution in [-0.4, -0.2) is 49.2 Å². The number of nitrogens with zero attached hydrogens (tertiary/aromatic N) is 4. The number of carboxylic acid groups (broad SMARTS) is 1. The standard InChI is InChI=1S/C9H14N4O3S/c1-6-2-3-7(16-6)5-17-9-10-11-12-13(9)4-8(14)15/h6-7H,2-5H2,1H3,(H,14,15). The van der Waals surface area contributed by atoms with Crippen molar-refractivity contribution in [1.29, 1.82) is 0 Å². The number of carboxylic acids is 1. The number of rotatable bonds is 5. The second-order valence-electron chi connectivity index (χ2n) is 3.97. The summed E-state index contributed by atoms with van der Waals surface area (Å²) in [5.74, 6) is -0.200. The summed E-state index contributed by atoms with van der Waals surface area (Å²) in [5.41, 5.74) is 0. The summed E-state index contributed by atoms with van der Waals surface area (Å²) >= 11 is 1.43. The molecule has 0 saturated carbocycles. The minimum absolute atomic E-state index is 0.211. The molecule has 17 heavy (non-hydrogen) atoms. The van der Waals surface area contributed by atoms with E-state index in [1.807, 2.05) is 0 Å². The second-order valence-corrected chi connectivity index (χ2v) is 4.96. The zero-order valence-corrected chi connectivity index (χ0v) is 10.3. The molecule has 2 rings (SSSR count). The molecule has 2 heterocycles. The monoisotopic (exact) mass is 258 g/mol. The molecule has 0 radical (unpaired) electrons. The van der Waals surface area contributed by atoms with Crippen molar-refractivity contribution in [3.63, 3.8) is 0 Å². The van der Waals surface area contributed by atoms with Gasteiger partial charge in [-0.3, -0.25) is 4.79 Å². The number of aliphatic carboxylic acids is 1. The quantitative estimate of drug-likeness (QED) is 0.765. The Hall–Kier alpha value is -1.15. The summed E-state index contributed by atoms with van der Waals surface area (Å²) in [5, 5.41) is 20.1. The van der Waals surface area contributed by atoms with Gasteiger partial charge in [0.15, 0.2) is 0 Å². The van der Waals surface area contributed by atoms with Crippen LogP contribution in [0.2, 0.25) is 0 Å². The third-order valence-corrected chi connectivity index (χ3v) is 3.59. The van der Waals surface area contributed by atoms with Crippen molar-refractivity contribution in [1.82, 2.24) is 20.2 Å². The largest absolute Gasteiger partial charge is 0.480 e. The van der Waals surface area contributed by atoms with Gasteiger partial charge in [-0.1, -0.05) is 11.8 Å². The molecule has 1 saturated heterocycles. The van der Waals surface area contributed by atoms with Gasteiger partial charge in [-0.15, -0.1) is 5.10 Å². The average molecular weight is 258 g/mol. The van der Waals surface area contributed by atoms with Crippen LogP contribution in [0.15, 0.2) is 5.16 Å². The van der Waals surface area contributed by atoms with Gasteiger partial charge in [0.2, 0.25) is 5.16 Å². The van der Waals surface area contributed by atoms with Gasteiger partial charge in [0.1, 0.15) is 6.54 Å². The van der Waals surface area contributed by atoms with E-state index in [9.17, 15) is 4.79 Å². The van der Waals surface area contributed by atoms with Gasteiger partial charge in [-0.2, -0.15) is 0 Å². The molecule has 1 aromatic heterocycles. The molecule has 1 aromatic rings. The molecule has 1 aliphatic rings. The molecule has 1 aliphatic heterocycles. The summed E-state index contributed by atoms with van der Waals surface area (Å²) in [7, 11) is 0. The van der Waals surface area contributed by atoms with Crippen LogP contribution < -0.4 is 0 Å². The third-order valence-electron chi connectivity index (χ3n) is 2.50. The first-order valence-corrected chi connectivity index (χ1v) is 6.40. The van der Waals surface area contributed by atoms with Gasteiger partial charge in [-0.25, -0.2) is 4.68 Å². The normalized spacial score (nSPS) is 24.1. The molecule has 8 heteroatoms. The fourth-order valence-electron chi connectivity index (χ4n) is 1.70. The molecule has 0 bridgehead atoms. The minimum atomic E-state index is -0.954. The first-order chi connectivity index (χ1) is 8.15. The number of thioether (sulfide) groups is 1. The van der Waals surface area contributed by atoms with Gasteiger partial charge in [0.25, 0.3) is 0 Å². The highest BCUT2D eigenvalue weighted by atomic mass is 32.2. The summed E-state index contributed by atoms with van der Waals surface area (Å²) in [6.45, 7) is 1.84. The molecule has 0 aromatic carbocycles. The van der Waals surface area contributed by atoms with Gasteiger partial charge in [0, 0.05) is 5.75 Å². The van der Waals surface area contributed by atoms with Gasteiger partial charge in [-0.05, 0) is 30.2 Å². The Labute approximate surface area is 103 Å². The highest BCUT2D eigenvalue weighted by molar-refractivity contribution is 7.99. The molecular formula is C9H14N4O3S.